The van der Waals surface area contributed by atoms with Crippen molar-refractivity contribution in [1.82, 2.24) is 9.88 Å². The average Bonchev–Trinajstić information content (AvgIpc) is 2.42. The van der Waals surface area contributed by atoms with Gasteiger partial charge in [0.15, 0.2) is 0 Å². The minimum atomic E-state index is -0.0167. The molecule has 5 heteroatoms. The van der Waals surface area contributed by atoms with Gasteiger partial charge in [-0.1, -0.05) is 31.9 Å². The summed E-state index contributed by atoms with van der Waals surface area (Å²) >= 11 is 9.34. The van der Waals surface area contributed by atoms with Crippen molar-refractivity contribution in [1.29, 1.82) is 0 Å². The third kappa shape index (κ3) is 3.29. The number of hydrogen-bond acceptors (Lipinski definition) is 2. The van der Waals surface area contributed by atoms with E-state index in [1.807, 2.05) is 4.90 Å². The molecule has 1 amide bonds. The number of amides is 1. The average molecular weight is 346 g/mol. The van der Waals surface area contributed by atoms with Crippen LogP contribution in [0.5, 0.6) is 0 Å². The van der Waals surface area contributed by atoms with E-state index in [1.54, 1.807) is 12.3 Å². The smallest absolute Gasteiger partial charge is 0.257 e. The van der Waals surface area contributed by atoms with E-state index in [9.17, 15) is 4.79 Å². The van der Waals surface area contributed by atoms with Crippen LogP contribution in [0.2, 0.25) is 5.15 Å². The molecule has 1 aromatic rings. The molecule has 0 aliphatic carbocycles. The summed E-state index contributed by atoms with van der Waals surface area (Å²) in [7, 11) is 0. The van der Waals surface area contributed by atoms with Crippen molar-refractivity contribution in [2.75, 3.05) is 13.1 Å². The van der Waals surface area contributed by atoms with Gasteiger partial charge in [0.25, 0.3) is 5.91 Å². The zero-order valence-corrected chi connectivity index (χ0v) is 13.6. The Hall–Kier alpha value is -0.610. The van der Waals surface area contributed by atoms with Crippen molar-refractivity contribution in [2.45, 2.75) is 33.1 Å². The zero-order valence-electron chi connectivity index (χ0n) is 11.2. The molecular weight excluding hydrogens is 328 g/mol. The highest BCUT2D eigenvalue weighted by molar-refractivity contribution is 9.10. The Labute approximate surface area is 127 Å². The van der Waals surface area contributed by atoms with Crippen molar-refractivity contribution in [3.8, 4) is 0 Å². The largest absolute Gasteiger partial charge is 0.339 e. The molecule has 0 spiro atoms. The number of aromatic nitrogens is 1. The van der Waals surface area contributed by atoms with E-state index in [4.69, 9.17) is 11.6 Å². The summed E-state index contributed by atoms with van der Waals surface area (Å²) in [4.78, 5) is 18.3. The van der Waals surface area contributed by atoms with E-state index in [2.05, 4.69) is 34.8 Å². The molecule has 1 fully saturated rings. The fraction of sp³-hybridized carbons (Fsp3) is 0.571. The van der Waals surface area contributed by atoms with Crippen LogP contribution in [0.3, 0.4) is 0 Å². The maximum Gasteiger partial charge on any atom is 0.257 e. The van der Waals surface area contributed by atoms with Gasteiger partial charge >= 0.3 is 0 Å². The molecule has 1 aliphatic heterocycles. The monoisotopic (exact) mass is 344 g/mol. The highest BCUT2D eigenvalue weighted by atomic mass is 79.9. The Kier molecular flexibility index (Phi) is 4.51. The lowest BCUT2D eigenvalue weighted by molar-refractivity contribution is 0.0600. The van der Waals surface area contributed by atoms with E-state index in [0.717, 1.165) is 36.8 Å². The number of halogens is 2. The summed E-state index contributed by atoms with van der Waals surface area (Å²) in [5.74, 6) is -0.0167. The second-order valence-electron chi connectivity index (χ2n) is 5.45. The quantitative estimate of drug-likeness (QED) is 0.754. The zero-order chi connectivity index (χ0) is 14.0. The van der Waals surface area contributed by atoms with Gasteiger partial charge in [0.1, 0.15) is 5.15 Å². The normalized spacial score (nSPS) is 18.4. The van der Waals surface area contributed by atoms with Gasteiger partial charge in [-0.25, -0.2) is 4.98 Å². The Morgan fingerprint density at radius 3 is 2.74 bits per heavy atom. The predicted octanol–water partition coefficient (Wildman–Crippen LogP) is 4.15. The van der Waals surface area contributed by atoms with Gasteiger partial charge in [-0.3, -0.25) is 4.79 Å². The van der Waals surface area contributed by atoms with Crippen LogP contribution in [0.25, 0.3) is 0 Å². The molecule has 0 bridgehead atoms. The molecule has 2 rings (SSSR count). The fourth-order valence-corrected chi connectivity index (χ4v) is 2.86. The minimum absolute atomic E-state index is 0.0167. The van der Waals surface area contributed by atoms with Gasteiger partial charge in [0.05, 0.1) is 5.56 Å². The SMILES string of the molecule is CCC1(C)CCN(C(=O)c2cc(Br)cnc2Cl)CC1. The van der Waals surface area contributed by atoms with Crippen molar-refractivity contribution in [2.24, 2.45) is 5.41 Å². The number of nitrogens with zero attached hydrogens (tertiary/aromatic N) is 2. The standard InChI is InChI=1S/C14H18BrClN2O/c1-3-14(2)4-6-18(7-5-14)13(19)11-8-10(15)9-17-12(11)16/h8-9H,3-7H2,1-2H3. The molecule has 0 aromatic carbocycles. The molecule has 0 N–H and O–H groups in total. The Morgan fingerprint density at radius 2 is 2.16 bits per heavy atom. The Balaban J connectivity index is 2.11. The van der Waals surface area contributed by atoms with Gasteiger partial charge in [-0.2, -0.15) is 0 Å². The molecule has 104 valence electrons. The number of hydrogen-bond donors (Lipinski definition) is 0. The first kappa shape index (κ1) is 14.8. The Morgan fingerprint density at radius 1 is 1.53 bits per heavy atom. The second-order valence-corrected chi connectivity index (χ2v) is 6.72. The molecule has 0 saturated carbocycles. The number of pyridine rings is 1. The second kappa shape index (κ2) is 5.80. The lowest BCUT2D eigenvalue weighted by Gasteiger charge is -2.39. The van der Waals surface area contributed by atoms with Crippen LogP contribution in [0.15, 0.2) is 16.7 Å². The molecule has 19 heavy (non-hydrogen) atoms. The summed E-state index contributed by atoms with van der Waals surface area (Å²) in [6, 6.07) is 1.74. The summed E-state index contributed by atoms with van der Waals surface area (Å²) in [5.41, 5.74) is 0.854. The van der Waals surface area contributed by atoms with Gasteiger partial charge < -0.3 is 4.90 Å². The maximum atomic E-state index is 12.5. The molecule has 0 atom stereocenters. The predicted molar refractivity (Wildman–Crippen MR) is 80.5 cm³/mol. The molecule has 2 heterocycles. The van der Waals surface area contributed by atoms with Crippen LogP contribution >= 0.6 is 27.5 Å². The van der Waals surface area contributed by atoms with Crippen LogP contribution in [0.1, 0.15) is 43.5 Å². The Bertz CT molecular complexity index is 484. The summed E-state index contributed by atoms with van der Waals surface area (Å²) in [6.07, 6.45) is 4.86. The van der Waals surface area contributed by atoms with Crippen LogP contribution < -0.4 is 0 Å². The molecule has 0 unspecified atom stereocenters. The van der Waals surface area contributed by atoms with Gasteiger partial charge in [0, 0.05) is 23.8 Å². The molecule has 1 saturated heterocycles. The molecule has 1 aliphatic rings. The lowest BCUT2D eigenvalue weighted by atomic mass is 9.78. The van der Waals surface area contributed by atoms with E-state index in [0.29, 0.717) is 11.0 Å². The minimum Gasteiger partial charge on any atom is -0.339 e. The van der Waals surface area contributed by atoms with Crippen molar-refractivity contribution < 1.29 is 4.79 Å². The molecular formula is C14H18BrClN2O. The fourth-order valence-electron chi connectivity index (χ4n) is 2.35. The number of likely N-dealkylation sites (tertiary alicyclic amines) is 1. The topological polar surface area (TPSA) is 33.2 Å². The van der Waals surface area contributed by atoms with Gasteiger partial charge in [-0.05, 0) is 40.3 Å². The van der Waals surface area contributed by atoms with Crippen LogP contribution in [-0.4, -0.2) is 28.9 Å². The van der Waals surface area contributed by atoms with Crippen molar-refractivity contribution >= 4 is 33.4 Å². The van der Waals surface area contributed by atoms with Crippen LogP contribution in [0.4, 0.5) is 0 Å². The summed E-state index contributed by atoms with van der Waals surface area (Å²) in [6.45, 7) is 6.10. The third-order valence-electron chi connectivity index (χ3n) is 4.15. The van der Waals surface area contributed by atoms with Crippen molar-refractivity contribution in [3.63, 3.8) is 0 Å². The number of carbonyl (C=O) groups excluding carboxylic acids is 1. The van der Waals surface area contributed by atoms with Crippen molar-refractivity contribution in [3.05, 3.63) is 27.5 Å². The summed E-state index contributed by atoms with van der Waals surface area (Å²) in [5, 5.41) is 0.275. The third-order valence-corrected chi connectivity index (χ3v) is 4.88. The van der Waals surface area contributed by atoms with E-state index < -0.39 is 0 Å². The number of piperidine rings is 1. The van der Waals surface area contributed by atoms with E-state index in [1.165, 1.54) is 0 Å². The maximum absolute atomic E-state index is 12.5. The van der Waals surface area contributed by atoms with Gasteiger partial charge in [-0.15, -0.1) is 0 Å². The highest BCUT2D eigenvalue weighted by Gasteiger charge is 2.31. The van der Waals surface area contributed by atoms with Gasteiger partial charge in [0.2, 0.25) is 0 Å². The summed E-state index contributed by atoms with van der Waals surface area (Å²) < 4.78 is 0.774. The highest BCUT2D eigenvalue weighted by Crippen LogP contribution is 2.34. The first-order valence-corrected chi connectivity index (χ1v) is 7.72. The van der Waals surface area contributed by atoms with E-state index >= 15 is 0 Å². The molecule has 0 radical (unpaired) electrons. The lowest BCUT2D eigenvalue weighted by Crippen LogP contribution is -2.42. The van der Waals surface area contributed by atoms with Crippen LogP contribution in [-0.2, 0) is 0 Å². The molecule has 1 aromatic heterocycles. The first-order valence-electron chi connectivity index (χ1n) is 6.55. The number of rotatable bonds is 2. The van der Waals surface area contributed by atoms with E-state index in [-0.39, 0.29) is 11.1 Å². The molecule has 3 nitrogen and oxygen atoms in total. The number of carbonyl (C=O) groups is 1. The first-order chi connectivity index (χ1) is 8.95. The van der Waals surface area contributed by atoms with Crippen LogP contribution in [0, 0.1) is 5.41 Å².